The number of nitrogens with zero attached hydrogens (tertiary/aromatic N) is 1. The molecule has 3 nitrogen and oxygen atoms in total. The molecular weight excluding hydrogens is 260 g/mol. The summed E-state index contributed by atoms with van der Waals surface area (Å²) < 4.78 is 0. The first-order valence-corrected chi connectivity index (χ1v) is 9.31. The van der Waals surface area contributed by atoms with Gasteiger partial charge in [-0.05, 0) is 58.0 Å². The Morgan fingerprint density at radius 2 is 1.90 bits per heavy atom. The normalized spacial score (nSPS) is 29.0. The van der Waals surface area contributed by atoms with Gasteiger partial charge in [-0.2, -0.15) is 0 Å². The molecule has 2 N–H and O–H groups in total. The molecule has 0 aromatic carbocycles. The summed E-state index contributed by atoms with van der Waals surface area (Å²) in [5.74, 6) is 0.750. The quantitative estimate of drug-likeness (QED) is 0.739. The van der Waals surface area contributed by atoms with E-state index in [0.29, 0.717) is 6.04 Å². The summed E-state index contributed by atoms with van der Waals surface area (Å²) in [6.07, 6.45) is 10.9. The second-order valence-corrected chi connectivity index (χ2v) is 7.51. The van der Waals surface area contributed by atoms with Gasteiger partial charge in [-0.25, -0.2) is 0 Å². The molecule has 0 bridgehead atoms. The number of nitrogens with one attached hydrogen (secondary N) is 1. The zero-order valence-corrected chi connectivity index (χ0v) is 14.2. The van der Waals surface area contributed by atoms with Gasteiger partial charge < -0.3 is 15.3 Å². The lowest BCUT2D eigenvalue weighted by molar-refractivity contribution is 0.0194. The molecule has 2 unspecified atom stereocenters. The largest absolute Gasteiger partial charge is 0.389 e. The summed E-state index contributed by atoms with van der Waals surface area (Å²) in [4.78, 5) is 2.62. The molecule has 0 aromatic heterocycles. The minimum absolute atomic E-state index is 0.442. The second-order valence-electron chi connectivity index (χ2n) is 7.51. The van der Waals surface area contributed by atoms with Crippen LogP contribution >= 0.6 is 0 Å². The van der Waals surface area contributed by atoms with Crippen molar-refractivity contribution < 1.29 is 5.11 Å². The lowest BCUT2D eigenvalue weighted by atomic mass is 9.89. The van der Waals surface area contributed by atoms with E-state index in [9.17, 15) is 5.11 Å². The van der Waals surface area contributed by atoms with E-state index in [1.165, 1.54) is 64.6 Å². The van der Waals surface area contributed by atoms with Crippen molar-refractivity contribution in [1.29, 1.82) is 0 Å². The van der Waals surface area contributed by atoms with Gasteiger partial charge in [0, 0.05) is 19.1 Å². The Morgan fingerprint density at radius 1 is 1.19 bits per heavy atom. The Labute approximate surface area is 131 Å². The SMILES string of the molecule is CCCN1CCCC(C(C)NCC2(O)CCCCCC2)C1. The topological polar surface area (TPSA) is 35.5 Å². The van der Waals surface area contributed by atoms with E-state index in [-0.39, 0.29) is 0 Å². The third-order valence-corrected chi connectivity index (χ3v) is 5.58. The monoisotopic (exact) mass is 296 g/mol. The van der Waals surface area contributed by atoms with Crippen LogP contribution < -0.4 is 5.32 Å². The van der Waals surface area contributed by atoms with E-state index in [0.717, 1.165) is 25.3 Å². The molecule has 21 heavy (non-hydrogen) atoms. The highest BCUT2D eigenvalue weighted by atomic mass is 16.3. The van der Waals surface area contributed by atoms with E-state index >= 15 is 0 Å². The highest BCUT2D eigenvalue weighted by Gasteiger charge is 2.30. The van der Waals surface area contributed by atoms with Crippen LogP contribution in [0.25, 0.3) is 0 Å². The van der Waals surface area contributed by atoms with Crippen LogP contribution in [-0.2, 0) is 0 Å². The Hall–Kier alpha value is -0.120. The maximum Gasteiger partial charge on any atom is 0.0771 e. The molecule has 1 aliphatic heterocycles. The molecule has 2 rings (SSSR count). The van der Waals surface area contributed by atoms with Gasteiger partial charge in [0.2, 0.25) is 0 Å². The Kier molecular flexibility index (Phi) is 6.97. The van der Waals surface area contributed by atoms with Crippen LogP contribution in [0, 0.1) is 5.92 Å². The molecule has 1 saturated carbocycles. The minimum atomic E-state index is -0.442. The summed E-state index contributed by atoms with van der Waals surface area (Å²) in [6, 6.07) is 0.525. The van der Waals surface area contributed by atoms with Gasteiger partial charge in [-0.15, -0.1) is 0 Å². The summed E-state index contributed by atoms with van der Waals surface area (Å²) >= 11 is 0. The Morgan fingerprint density at radius 3 is 2.57 bits per heavy atom. The second kappa shape index (κ2) is 8.50. The Balaban J connectivity index is 1.76. The van der Waals surface area contributed by atoms with Crippen molar-refractivity contribution in [3.05, 3.63) is 0 Å². The standard InChI is InChI=1S/C18H36N2O/c1-3-12-20-13-8-9-17(14-20)16(2)19-15-18(21)10-6-4-5-7-11-18/h16-17,19,21H,3-15H2,1-2H3. The van der Waals surface area contributed by atoms with Crippen molar-refractivity contribution >= 4 is 0 Å². The number of likely N-dealkylation sites (tertiary alicyclic amines) is 1. The van der Waals surface area contributed by atoms with E-state index in [4.69, 9.17) is 0 Å². The summed E-state index contributed by atoms with van der Waals surface area (Å²) in [5, 5.41) is 14.4. The maximum absolute atomic E-state index is 10.8. The molecule has 1 aliphatic carbocycles. The number of hydrogen-bond donors (Lipinski definition) is 2. The molecule has 0 aromatic rings. The van der Waals surface area contributed by atoms with Crippen LogP contribution in [-0.4, -0.2) is 47.8 Å². The van der Waals surface area contributed by atoms with Crippen LogP contribution in [0.4, 0.5) is 0 Å². The van der Waals surface area contributed by atoms with E-state index in [2.05, 4.69) is 24.1 Å². The molecule has 1 saturated heterocycles. The highest BCUT2D eigenvalue weighted by Crippen LogP contribution is 2.27. The minimum Gasteiger partial charge on any atom is -0.389 e. The molecule has 124 valence electrons. The van der Waals surface area contributed by atoms with Gasteiger partial charge in [-0.1, -0.05) is 32.6 Å². The summed E-state index contributed by atoms with van der Waals surface area (Å²) in [7, 11) is 0. The lowest BCUT2D eigenvalue weighted by Gasteiger charge is -2.37. The number of piperidine rings is 1. The molecule has 0 amide bonds. The first-order chi connectivity index (χ1) is 10.1. The predicted octanol–water partition coefficient (Wildman–Crippen LogP) is 3.17. The predicted molar refractivity (Wildman–Crippen MR) is 89.6 cm³/mol. The van der Waals surface area contributed by atoms with Gasteiger partial charge in [0.15, 0.2) is 0 Å². The van der Waals surface area contributed by atoms with Crippen molar-refractivity contribution in [1.82, 2.24) is 10.2 Å². The zero-order valence-electron chi connectivity index (χ0n) is 14.2. The molecule has 0 radical (unpaired) electrons. The van der Waals surface area contributed by atoms with Crippen LogP contribution in [0.1, 0.15) is 71.6 Å². The average Bonchev–Trinajstić information content (AvgIpc) is 2.71. The maximum atomic E-state index is 10.8. The third-order valence-electron chi connectivity index (χ3n) is 5.58. The van der Waals surface area contributed by atoms with Crippen LogP contribution in [0.3, 0.4) is 0 Å². The highest BCUT2D eigenvalue weighted by molar-refractivity contribution is 4.87. The average molecular weight is 296 g/mol. The number of rotatable bonds is 6. The lowest BCUT2D eigenvalue weighted by Crippen LogP contribution is -2.49. The van der Waals surface area contributed by atoms with Crippen LogP contribution in [0.15, 0.2) is 0 Å². The Bertz CT molecular complexity index is 285. The van der Waals surface area contributed by atoms with Gasteiger partial charge in [-0.3, -0.25) is 0 Å². The van der Waals surface area contributed by atoms with Crippen molar-refractivity contribution in [3.63, 3.8) is 0 Å². The number of hydrogen-bond acceptors (Lipinski definition) is 3. The van der Waals surface area contributed by atoms with E-state index in [1.807, 2.05) is 0 Å². The fourth-order valence-corrected chi connectivity index (χ4v) is 4.10. The van der Waals surface area contributed by atoms with Gasteiger partial charge in [0.05, 0.1) is 5.60 Å². The fraction of sp³-hybridized carbons (Fsp3) is 1.00. The van der Waals surface area contributed by atoms with Crippen molar-refractivity contribution in [2.75, 3.05) is 26.2 Å². The molecular formula is C18H36N2O. The van der Waals surface area contributed by atoms with E-state index in [1.54, 1.807) is 0 Å². The van der Waals surface area contributed by atoms with Gasteiger partial charge in [0.25, 0.3) is 0 Å². The van der Waals surface area contributed by atoms with Crippen molar-refractivity contribution in [3.8, 4) is 0 Å². The van der Waals surface area contributed by atoms with Crippen molar-refractivity contribution in [2.45, 2.75) is 83.3 Å². The number of aliphatic hydroxyl groups is 1. The first-order valence-electron chi connectivity index (χ1n) is 9.31. The van der Waals surface area contributed by atoms with Crippen LogP contribution in [0.2, 0.25) is 0 Å². The molecule has 2 aliphatic rings. The summed E-state index contributed by atoms with van der Waals surface area (Å²) in [6.45, 7) is 9.14. The molecule has 0 spiro atoms. The van der Waals surface area contributed by atoms with E-state index < -0.39 is 5.60 Å². The van der Waals surface area contributed by atoms with Gasteiger partial charge >= 0.3 is 0 Å². The first kappa shape index (κ1) is 17.2. The molecule has 2 fully saturated rings. The zero-order chi connectivity index (χ0) is 15.1. The smallest absolute Gasteiger partial charge is 0.0771 e. The van der Waals surface area contributed by atoms with Crippen molar-refractivity contribution in [2.24, 2.45) is 5.92 Å². The molecule has 3 heteroatoms. The summed E-state index contributed by atoms with van der Waals surface area (Å²) in [5.41, 5.74) is -0.442. The fourth-order valence-electron chi connectivity index (χ4n) is 4.10. The third kappa shape index (κ3) is 5.54. The molecule has 1 heterocycles. The molecule has 2 atom stereocenters. The van der Waals surface area contributed by atoms with Gasteiger partial charge in [0.1, 0.15) is 0 Å². The van der Waals surface area contributed by atoms with Crippen LogP contribution in [0.5, 0.6) is 0 Å².